The molecule has 0 radical (unpaired) electrons. The number of pyridine rings is 1. The molecule has 2 aromatic rings. The summed E-state index contributed by atoms with van der Waals surface area (Å²) >= 11 is 0. The lowest BCUT2D eigenvalue weighted by atomic mass is 9.56. The Bertz CT molecular complexity index is 1220. The van der Waals surface area contributed by atoms with Gasteiger partial charge in [0.05, 0.1) is 11.6 Å². The third-order valence-corrected chi connectivity index (χ3v) is 8.28. The minimum atomic E-state index is -1.34. The number of carbonyl (C=O) groups is 3. The van der Waals surface area contributed by atoms with Crippen molar-refractivity contribution in [2.45, 2.75) is 58.5 Å². The van der Waals surface area contributed by atoms with Crippen molar-refractivity contribution in [2.75, 3.05) is 11.9 Å². The van der Waals surface area contributed by atoms with Gasteiger partial charge in [-0.1, -0.05) is 39.0 Å². The second-order valence-electron chi connectivity index (χ2n) is 11.3. The van der Waals surface area contributed by atoms with E-state index in [-0.39, 0.29) is 29.3 Å². The molecule has 32 heavy (non-hydrogen) atoms. The fourth-order valence-electron chi connectivity index (χ4n) is 7.64. The standard InChI is InChI=1S/C25H28N4O3/c1-23(2)11-16-12-24(3,13-23)19-25(20(30)27-22(32)28(4)21(25)31)10-15-9-14-7-5-6-8-17(14)26-18(15)29(16)19/h5-9,16,19H,10-13H2,1-4H3,(H,27,30,32)/t16-,19-,24+,25-/m0/s1. The first-order valence-corrected chi connectivity index (χ1v) is 11.4. The van der Waals surface area contributed by atoms with Gasteiger partial charge in [-0.15, -0.1) is 0 Å². The average molecular weight is 433 g/mol. The molecule has 0 unspecified atom stereocenters. The summed E-state index contributed by atoms with van der Waals surface area (Å²) in [6, 6.07) is 9.24. The van der Waals surface area contributed by atoms with Crippen molar-refractivity contribution in [2.24, 2.45) is 16.2 Å². The lowest BCUT2D eigenvalue weighted by Gasteiger charge is -2.53. The summed E-state index contributed by atoms with van der Waals surface area (Å²) in [7, 11) is 1.47. The van der Waals surface area contributed by atoms with E-state index in [2.05, 4.69) is 37.1 Å². The first kappa shape index (κ1) is 19.7. The lowest BCUT2D eigenvalue weighted by Crippen LogP contribution is -2.72. The molecule has 6 rings (SSSR count). The van der Waals surface area contributed by atoms with Crippen LogP contribution in [0.25, 0.3) is 10.9 Å². The van der Waals surface area contributed by atoms with Crippen LogP contribution < -0.4 is 10.2 Å². The number of barbiturate groups is 1. The molecule has 3 aliphatic heterocycles. The van der Waals surface area contributed by atoms with Crippen molar-refractivity contribution in [3.8, 4) is 0 Å². The summed E-state index contributed by atoms with van der Waals surface area (Å²) in [6.45, 7) is 6.77. The van der Waals surface area contributed by atoms with E-state index in [9.17, 15) is 14.4 Å². The highest BCUT2D eigenvalue weighted by atomic mass is 16.2. The quantitative estimate of drug-likeness (QED) is 0.646. The Morgan fingerprint density at radius 1 is 1.09 bits per heavy atom. The number of fused-ring (bicyclic) bond motifs is 9. The number of amides is 4. The fourth-order valence-corrected chi connectivity index (χ4v) is 7.64. The van der Waals surface area contributed by atoms with Gasteiger partial charge in [0.15, 0.2) is 5.41 Å². The Labute approximate surface area is 187 Å². The molecule has 1 aliphatic carbocycles. The highest BCUT2D eigenvalue weighted by molar-refractivity contribution is 6.20. The molecule has 1 aromatic carbocycles. The molecule has 1 spiro atoms. The van der Waals surface area contributed by atoms with Crippen molar-refractivity contribution < 1.29 is 14.4 Å². The van der Waals surface area contributed by atoms with E-state index < -0.39 is 23.3 Å². The number of urea groups is 1. The van der Waals surface area contributed by atoms with Gasteiger partial charge in [-0.25, -0.2) is 9.78 Å². The molecule has 7 heteroatoms. The number of hydrogen-bond acceptors (Lipinski definition) is 5. The van der Waals surface area contributed by atoms with E-state index in [1.807, 2.05) is 24.3 Å². The second kappa shape index (κ2) is 5.88. The van der Waals surface area contributed by atoms with Crippen LogP contribution in [0.1, 0.15) is 45.6 Å². The summed E-state index contributed by atoms with van der Waals surface area (Å²) in [5, 5.41) is 3.49. The van der Waals surface area contributed by atoms with Crippen LogP contribution in [0.3, 0.4) is 0 Å². The summed E-state index contributed by atoms with van der Waals surface area (Å²) in [4.78, 5) is 48.2. The Morgan fingerprint density at radius 3 is 2.62 bits per heavy atom. The van der Waals surface area contributed by atoms with Gasteiger partial charge >= 0.3 is 6.03 Å². The topological polar surface area (TPSA) is 82.6 Å². The van der Waals surface area contributed by atoms with Crippen molar-refractivity contribution in [1.29, 1.82) is 0 Å². The Balaban J connectivity index is 1.65. The van der Waals surface area contributed by atoms with E-state index in [0.717, 1.165) is 46.4 Å². The van der Waals surface area contributed by atoms with Crippen molar-refractivity contribution in [3.05, 3.63) is 35.9 Å². The zero-order valence-corrected chi connectivity index (χ0v) is 18.9. The van der Waals surface area contributed by atoms with Crippen LogP contribution in [-0.2, 0) is 16.0 Å². The van der Waals surface area contributed by atoms with Crippen LogP contribution in [0.5, 0.6) is 0 Å². The Hall–Kier alpha value is -2.96. The largest absolute Gasteiger partial charge is 0.348 e. The van der Waals surface area contributed by atoms with Crippen LogP contribution in [0, 0.1) is 16.2 Å². The normalized spacial score (nSPS) is 35.2. The number of rotatable bonds is 0. The number of nitrogens with one attached hydrogen (secondary N) is 1. The molecule has 2 saturated heterocycles. The van der Waals surface area contributed by atoms with Crippen LogP contribution in [0.4, 0.5) is 10.6 Å². The van der Waals surface area contributed by atoms with E-state index >= 15 is 0 Å². The molecule has 4 aliphatic rings. The van der Waals surface area contributed by atoms with Crippen LogP contribution in [0.2, 0.25) is 0 Å². The van der Waals surface area contributed by atoms with Gasteiger partial charge in [0.2, 0.25) is 11.8 Å². The Kier molecular flexibility index (Phi) is 3.62. The van der Waals surface area contributed by atoms with Gasteiger partial charge < -0.3 is 4.90 Å². The smallest absolute Gasteiger partial charge is 0.330 e. The third kappa shape index (κ3) is 2.31. The summed E-state index contributed by atoms with van der Waals surface area (Å²) in [5.41, 5.74) is 0.317. The summed E-state index contributed by atoms with van der Waals surface area (Å²) in [5.74, 6) is 0.0310. The van der Waals surface area contributed by atoms with E-state index in [1.165, 1.54) is 7.05 Å². The Morgan fingerprint density at radius 2 is 1.84 bits per heavy atom. The molecule has 1 saturated carbocycles. The maximum absolute atomic E-state index is 13.8. The maximum Gasteiger partial charge on any atom is 0.330 e. The highest BCUT2D eigenvalue weighted by Crippen LogP contribution is 2.63. The van der Waals surface area contributed by atoms with Gasteiger partial charge in [0.25, 0.3) is 0 Å². The summed E-state index contributed by atoms with van der Waals surface area (Å²) in [6.07, 6.45) is 3.07. The predicted molar refractivity (Wildman–Crippen MR) is 120 cm³/mol. The molecular formula is C25H28N4O3. The molecule has 3 fully saturated rings. The molecular weight excluding hydrogens is 404 g/mol. The maximum atomic E-state index is 13.8. The van der Waals surface area contributed by atoms with Crippen LogP contribution in [-0.4, -0.2) is 46.9 Å². The number of carbonyl (C=O) groups excluding carboxylic acids is 3. The monoisotopic (exact) mass is 432 g/mol. The zero-order valence-electron chi connectivity index (χ0n) is 18.9. The molecule has 166 valence electrons. The minimum Gasteiger partial charge on any atom is -0.348 e. The van der Waals surface area contributed by atoms with Gasteiger partial charge in [-0.3, -0.25) is 19.8 Å². The zero-order chi connectivity index (χ0) is 22.6. The number of para-hydroxylation sites is 1. The molecule has 7 nitrogen and oxygen atoms in total. The van der Waals surface area contributed by atoms with Gasteiger partial charge in [0.1, 0.15) is 5.82 Å². The predicted octanol–water partition coefficient (Wildman–Crippen LogP) is 3.26. The minimum absolute atomic E-state index is 0.0864. The first-order chi connectivity index (χ1) is 15.1. The van der Waals surface area contributed by atoms with Crippen molar-refractivity contribution in [1.82, 2.24) is 15.2 Å². The molecule has 2 bridgehead atoms. The molecule has 1 N–H and O–H groups in total. The van der Waals surface area contributed by atoms with E-state index in [4.69, 9.17) is 4.98 Å². The second-order valence-corrected chi connectivity index (χ2v) is 11.3. The number of aromatic nitrogens is 1. The molecule has 1 aromatic heterocycles. The van der Waals surface area contributed by atoms with Crippen LogP contribution >= 0.6 is 0 Å². The van der Waals surface area contributed by atoms with Crippen molar-refractivity contribution >= 4 is 34.6 Å². The van der Waals surface area contributed by atoms with Crippen LogP contribution in [0.15, 0.2) is 30.3 Å². The fraction of sp³-hybridized carbons (Fsp3) is 0.520. The summed E-state index contributed by atoms with van der Waals surface area (Å²) < 4.78 is 0. The number of benzene rings is 1. The molecule has 4 heterocycles. The third-order valence-electron chi connectivity index (χ3n) is 8.28. The molecule has 4 atom stereocenters. The number of imide groups is 2. The van der Waals surface area contributed by atoms with Gasteiger partial charge in [-0.2, -0.15) is 0 Å². The van der Waals surface area contributed by atoms with Gasteiger partial charge in [-0.05, 0) is 47.8 Å². The molecule has 4 amide bonds. The van der Waals surface area contributed by atoms with E-state index in [0.29, 0.717) is 0 Å². The average Bonchev–Trinajstić information content (AvgIpc) is 2.95. The number of anilines is 1. The first-order valence-electron chi connectivity index (χ1n) is 11.4. The number of nitrogens with zero attached hydrogens (tertiary/aromatic N) is 3. The SMILES string of the molecule is CN1C(=O)NC(=O)[C@@]2(Cc3cc4ccccc4nc3N3[C@H]4CC(C)(C)C[C@@](C)(C4)[C@H]32)C1=O. The van der Waals surface area contributed by atoms with E-state index in [1.54, 1.807) is 0 Å². The number of hydrogen-bond donors (Lipinski definition) is 1. The lowest BCUT2D eigenvalue weighted by molar-refractivity contribution is -0.155. The highest BCUT2D eigenvalue weighted by Gasteiger charge is 2.71. The van der Waals surface area contributed by atoms with Gasteiger partial charge in [0, 0.05) is 24.9 Å². The van der Waals surface area contributed by atoms with Crippen molar-refractivity contribution in [3.63, 3.8) is 0 Å².